The molecule has 1 aromatic heterocycles. The zero-order valence-corrected chi connectivity index (χ0v) is 23.0. The summed E-state index contributed by atoms with van der Waals surface area (Å²) < 4.78 is 11.4. The Bertz CT molecular complexity index is 946. The topological polar surface area (TPSA) is 123 Å². The summed E-state index contributed by atoms with van der Waals surface area (Å²) in [6, 6.07) is 10.5. The quantitative estimate of drug-likeness (QED) is 0.520. The molecule has 38 heavy (non-hydrogen) atoms. The molecule has 3 saturated heterocycles. The molecule has 9 heteroatoms. The summed E-state index contributed by atoms with van der Waals surface area (Å²) in [5, 5.41) is 10.3. The molecule has 0 radical (unpaired) electrons. The lowest BCUT2D eigenvalue weighted by Crippen LogP contribution is -2.43. The first-order valence-corrected chi connectivity index (χ1v) is 13.9. The molecule has 2 atom stereocenters. The fourth-order valence-electron chi connectivity index (χ4n) is 4.82. The molecule has 2 aromatic rings. The van der Waals surface area contributed by atoms with Crippen molar-refractivity contribution in [2.75, 3.05) is 45.3 Å². The van der Waals surface area contributed by atoms with Gasteiger partial charge in [0.2, 0.25) is 0 Å². The summed E-state index contributed by atoms with van der Waals surface area (Å²) in [5.41, 5.74) is 8.86. The number of aryl methyl sites for hydroxylation is 1. The van der Waals surface area contributed by atoms with Gasteiger partial charge < -0.3 is 30.5 Å². The largest absolute Gasteiger partial charge is 0.400 e. The maximum absolute atomic E-state index is 12.7. The number of benzene rings is 1. The summed E-state index contributed by atoms with van der Waals surface area (Å²) in [4.78, 5) is 23.0. The number of piperidine rings is 1. The molecule has 9 nitrogen and oxygen atoms in total. The molecule has 1 amide bonds. The van der Waals surface area contributed by atoms with Crippen LogP contribution in [-0.2, 0) is 9.47 Å². The van der Waals surface area contributed by atoms with Gasteiger partial charge in [0.1, 0.15) is 17.8 Å². The van der Waals surface area contributed by atoms with Gasteiger partial charge >= 0.3 is 0 Å². The van der Waals surface area contributed by atoms with E-state index in [1.807, 2.05) is 4.90 Å². The number of carbonyl (C=O) groups excluding carboxylic acids is 1. The van der Waals surface area contributed by atoms with E-state index in [-0.39, 0.29) is 27.0 Å². The van der Waals surface area contributed by atoms with E-state index in [0.29, 0.717) is 31.1 Å². The van der Waals surface area contributed by atoms with Gasteiger partial charge in [-0.15, -0.1) is 0 Å². The SMILES string of the molecule is C1CCOCC1.CO.Cc1ccc(C2CCC[C@H](CNc3cc(C(=O)N4CCC(N)CC4)ncn3)O2)cc1.[HH].[HH]. The lowest BCUT2D eigenvalue weighted by molar-refractivity contribution is -0.0442. The van der Waals surface area contributed by atoms with Crippen LogP contribution < -0.4 is 11.1 Å². The van der Waals surface area contributed by atoms with Gasteiger partial charge in [-0.3, -0.25) is 4.79 Å². The second kappa shape index (κ2) is 16.4. The van der Waals surface area contributed by atoms with Crippen molar-refractivity contribution in [3.8, 4) is 0 Å². The number of ether oxygens (including phenoxy) is 2. The number of aliphatic hydroxyl groups is 1. The number of hydrogen-bond acceptors (Lipinski definition) is 8. The van der Waals surface area contributed by atoms with Crippen LogP contribution in [-0.4, -0.2) is 78.0 Å². The van der Waals surface area contributed by atoms with Crippen LogP contribution in [0.25, 0.3) is 0 Å². The number of carbonyl (C=O) groups is 1. The third-order valence-corrected chi connectivity index (χ3v) is 7.10. The Labute approximate surface area is 230 Å². The lowest BCUT2D eigenvalue weighted by atomic mass is 9.97. The predicted molar refractivity (Wildman–Crippen MR) is 153 cm³/mol. The van der Waals surface area contributed by atoms with Gasteiger partial charge in [0.15, 0.2) is 0 Å². The van der Waals surface area contributed by atoms with E-state index in [9.17, 15) is 4.79 Å². The fraction of sp³-hybridized carbons (Fsp3) is 0.621. The Kier molecular flexibility index (Phi) is 12.9. The standard InChI is InChI=1S/C23H31N5O2.C5H10O.CH4O.2H2/c1-16-5-7-17(8-6-16)21-4-2-3-19(30-21)14-25-22-13-20(26-15-27-22)23(29)28-11-9-18(24)10-12-28;1-2-4-6-5-3-1;1-2;;/h5-8,13,15,18-19,21H,2-4,9-12,14,24H2,1H3,(H,25,26,27);1-5H2;2H,1H3;2*1H/t19-,21?;;;;/m1..../s1. The van der Waals surface area contributed by atoms with E-state index in [1.54, 1.807) is 6.07 Å². The van der Waals surface area contributed by atoms with Crippen LogP contribution in [0.1, 0.15) is 81.9 Å². The Hall–Kier alpha value is -2.59. The average molecular weight is 532 g/mol. The van der Waals surface area contributed by atoms with Crippen LogP contribution in [0.2, 0.25) is 0 Å². The Morgan fingerprint density at radius 3 is 2.39 bits per heavy atom. The Balaban J connectivity index is 0.000000701. The zero-order chi connectivity index (χ0) is 27.2. The van der Waals surface area contributed by atoms with Crippen LogP contribution in [0.4, 0.5) is 5.82 Å². The molecule has 3 aliphatic rings. The second-order valence-electron chi connectivity index (χ2n) is 10.1. The zero-order valence-electron chi connectivity index (χ0n) is 23.0. The van der Waals surface area contributed by atoms with Crippen molar-refractivity contribution in [3.05, 3.63) is 53.5 Å². The first kappa shape index (κ1) is 30.0. The van der Waals surface area contributed by atoms with E-state index in [0.717, 1.165) is 52.4 Å². The summed E-state index contributed by atoms with van der Waals surface area (Å²) in [6.45, 7) is 6.12. The lowest BCUT2D eigenvalue weighted by Gasteiger charge is -2.31. The van der Waals surface area contributed by atoms with Gasteiger partial charge in [-0.25, -0.2) is 9.97 Å². The maximum Gasteiger partial charge on any atom is 0.272 e. The smallest absolute Gasteiger partial charge is 0.272 e. The van der Waals surface area contributed by atoms with E-state index in [1.165, 1.54) is 36.7 Å². The molecule has 0 spiro atoms. The minimum absolute atomic E-state index is 0. The predicted octanol–water partition coefficient (Wildman–Crippen LogP) is 4.36. The minimum atomic E-state index is -0.0549. The van der Waals surface area contributed by atoms with Crippen LogP contribution >= 0.6 is 0 Å². The molecular weight excluding hydrogens is 482 g/mol. The number of nitrogens with one attached hydrogen (secondary N) is 1. The van der Waals surface area contributed by atoms with Crippen molar-refractivity contribution in [1.82, 2.24) is 14.9 Å². The number of aromatic nitrogens is 2. The third-order valence-electron chi connectivity index (χ3n) is 7.10. The highest BCUT2D eigenvalue weighted by Gasteiger charge is 2.25. The molecule has 3 aliphatic heterocycles. The first-order chi connectivity index (χ1) is 18.6. The van der Waals surface area contributed by atoms with Gasteiger partial charge in [-0.1, -0.05) is 29.8 Å². The number of nitrogens with zero attached hydrogens (tertiary/aromatic N) is 3. The van der Waals surface area contributed by atoms with Gasteiger partial charge in [-0.05, 0) is 63.9 Å². The van der Waals surface area contributed by atoms with E-state index in [4.69, 9.17) is 20.3 Å². The minimum Gasteiger partial charge on any atom is -0.400 e. The second-order valence-corrected chi connectivity index (χ2v) is 10.1. The van der Waals surface area contributed by atoms with Crippen molar-refractivity contribution in [3.63, 3.8) is 0 Å². The van der Waals surface area contributed by atoms with Gasteiger partial charge in [-0.2, -0.15) is 0 Å². The van der Waals surface area contributed by atoms with E-state index < -0.39 is 0 Å². The monoisotopic (exact) mass is 531 g/mol. The molecule has 0 saturated carbocycles. The molecule has 214 valence electrons. The summed E-state index contributed by atoms with van der Waals surface area (Å²) in [6.07, 6.45) is 10.5. The average Bonchev–Trinajstić information content (AvgIpc) is 2.99. The molecule has 0 bridgehead atoms. The van der Waals surface area contributed by atoms with Crippen LogP contribution in [0.15, 0.2) is 36.7 Å². The summed E-state index contributed by atoms with van der Waals surface area (Å²) in [5.74, 6) is 0.601. The number of likely N-dealkylation sites (tertiary alicyclic amines) is 1. The highest BCUT2D eigenvalue weighted by atomic mass is 16.5. The highest BCUT2D eigenvalue weighted by molar-refractivity contribution is 5.93. The van der Waals surface area contributed by atoms with Gasteiger partial charge in [0, 0.05) is 54.9 Å². The number of nitrogens with two attached hydrogens (primary N) is 1. The van der Waals surface area contributed by atoms with E-state index >= 15 is 0 Å². The molecule has 0 aliphatic carbocycles. The highest BCUT2D eigenvalue weighted by Crippen LogP contribution is 2.31. The molecule has 5 rings (SSSR count). The van der Waals surface area contributed by atoms with Crippen molar-refractivity contribution in [2.24, 2.45) is 5.73 Å². The molecule has 1 unspecified atom stereocenters. The van der Waals surface area contributed by atoms with Crippen LogP contribution in [0, 0.1) is 6.92 Å². The molecular formula is C29H49N5O4. The molecule has 1 aromatic carbocycles. The van der Waals surface area contributed by atoms with Crippen LogP contribution in [0.5, 0.6) is 0 Å². The molecule has 3 fully saturated rings. The Morgan fingerprint density at radius 1 is 1.05 bits per heavy atom. The normalized spacial score (nSPS) is 21.8. The van der Waals surface area contributed by atoms with Crippen LogP contribution in [0.3, 0.4) is 0 Å². The summed E-state index contributed by atoms with van der Waals surface area (Å²) >= 11 is 0. The van der Waals surface area contributed by atoms with Crippen molar-refractivity contribution in [1.29, 1.82) is 0 Å². The number of amides is 1. The fourth-order valence-corrected chi connectivity index (χ4v) is 4.82. The number of aliphatic hydroxyl groups excluding tert-OH is 1. The summed E-state index contributed by atoms with van der Waals surface area (Å²) in [7, 11) is 1.00. The number of hydrogen-bond donors (Lipinski definition) is 3. The third kappa shape index (κ3) is 9.62. The van der Waals surface area contributed by atoms with Crippen molar-refractivity contribution in [2.45, 2.75) is 76.5 Å². The van der Waals surface area contributed by atoms with E-state index in [2.05, 4.69) is 46.5 Å². The maximum atomic E-state index is 12.7. The first-order valence-electron chi connectivity index (χ1n) is 13.9. The molecule has 4 heterocycles. The Morgan fingerprint density at radius 2 is 1.76 bits per heavy atom. The number of anilines is 1. The van der Waals surface area contributed by atoms with Crippen molar-refractivity contribution < 1.29 is 22.2 Å². The molecule has 4 N–H and O–H groups in total. The van der Waals surface area contributed by atoms with Gasteiger partial charge in [0.05, 0.1) is 12.2 Å². The number of rotatable bonds is 5. The van der Waals surface area contributed by atoms with Crippen molar-refractivity contribution >= 4 is 11.7 Å². The van der Waals surface area contributed by atoms with Gasteiger partial charge in [0.25, 0.3) is 5.91 Å².